The molecule has 1 aromatic carbocycles. The van der Waals surface area contributed by atoms with Gasteiger partial charge in [-0.15, -0.1) is 0 Å². The first-order chi connectivity index (χ1) is 10.1. The van der Waals surface area contributed by atoms with Gasteiger partial charge in [-0.25, -0.2) is 9.78 Å². The fourth-order valence-corrected chi connectivity index (χ4v) is 2.21. The monoisotopic (exact) mass is 279 g/mol. The molecule has 0 fully saturated rings. The lowest BCUT2D eigenvalue weighted by molar-refractivity contribution is 0.0696. The largest absolute Gasteiger partial charge is 0.478 e. The Bertz CT molecular complexity index is 825. The second-order valence-corrected chi connectivity index (χ2v) is 4.69. The van der Waals surface area contributed by atoms with Gasteiger partial charge < -0.3 is 10.4 Å². The van der Waals surface area contributed by atoms with Gasteiger partial charge in [0.05, 0.1) is 11.1 Å². The Morgan fingerprint density at radius 1 is 1.19 bits per heavy atom. The van der Waals surface area contributed by atoms with Crippen molar-refractivity contribution in [1.82, 2.24) is 9.97 Å². The molecule has 5 nitrogen and oxygen atoms in total. The number of nitrogens with one attached hydrogen (secondary N) is 1. The molecule has 0 radical (unpaired) electrons. The summed E-state index contributed by atoms with van der Waals surface area (Å²) >= 11 is 0. The third-order valence-electron chi connectivity index (χ3n) is 3.11. The molecule has 3 rings (SSSR count). The molecule has 0 aliphatic carbocycles. The van der Waals surface area contributed by atoms with E-state index in [0.29, 0.717) is 11.5 Å². The van der Waals surface area contributed by atoms with E-state index < -0.39 is 5.97 Å². The van der Waals surface area contributed by atoms with Crippen LogP contribution in [-0.4, -0.2) is 21.0 Å². The molecule has 0 spiro atoms. The van der Waals surface area contributed by atoms with Gasteiger partial charge in [0, 0.05) is 23.0 Å². The summed E-state index contributed by atoms with van der Waals surface area (Å²) in [5.74, 6) is -0.466. The molecule has 21 heavy (non-hydrogen) atoms. The van der Waals surface area contributed by atoms with Crippen molar-refractivity contribution in [2.75, 3.05) is 5.32 Å². The SMILES string of the molecule is Cc1cc(C(=O)O)cc(Nc2cccc3ncccc23)n1. The number of carboxylic acids is 1. The number of anilines is 2. The molecule has 3 aromatic rings. The van der Waals surface area contributed by atoms with Crippen molar-refractivity contribution in [3.63, 3.8) is 0 Å². The van der Waals surface area contributed by atoms with Crippen molar-refractivity contribution < 1.29 is 9.90 Å². The maximum atomic E-state index is 11.1. The van der Waals surface area contributed by atoms with E-state index in [4.69, 9.17) is 5.11 Å². The summed E-state index contributed by atoms with van der Waals surface area (Å²) in [6, 6.07) is 12.6. The fraction of sp³-hybridized carbons (Fsp3) is 0.0625. The third-order valence-corrected chi connectivity index (χ3v) is 3.11. The van der Waals surface area contributed by atoms with Gasteiger partial charge in [-0.3, -0.25) is 4.98 Å². The van der Waals surface area contributed by atoms with Gasteiger partial charge in [-0.2, -0.15) is 0 Å². The fourth-order valence-electron chi connectivity index (χ4n) is 2.21. The topological polar surface area (TPSA) is 75.1 Å². The van der Waals surface area contributed by atoms with E-state index in [1.165, 1.54) is 12.1 Å². The number of benzene rings is 1. The van der Waals surface area contributed by atoms with Crippen LogP contribution in [0.2, 0.25) is 0 Å². The first-order valence-electron chi connectivity index (χ1n) is 6.46. The van der Waals surface area contributed by atoms with Gasteiger partial charge in [0.1, 0.15) is 5.82 Å². The molecule has 2 heterocycles. The Balaban J connectivity index is 2.05. The summed E-state index contributed by atoms with van der Waals surface area (Å²) in [4.78, 5) is 19.7. The first kappa shape index (κ1) is 13.1. The third kappa shape index (κ3) is 2.67. The van der Waals surface area contributed by atoms with Crippen LogP contribution < -0.4 is 5.32 Å². The van der Waals surface area contributed by atoms with E-state index in [2.05, 4.69) is 15.3 Å². The lowest BCUT2D eigenvalue weighted by Crippen LogP contribution is -2.02. The zero-order valence-electron chi connectivity index (χ0n) is 11.4. The highest BCUT2D eigenvalue weighted by atomic mass is 16.4. The van der Waals surface area contributed by atoms with Crippen LogP contribution in [0.15, 0.2) is 48.7 Å². The second-order valence-electron chi connectivity index (χ2n) is 4.69. The van der Waals surface area contributed by atoms with Crippen molar-refractivity contribution in [3.8, 4) is 0 Å². The van der Waals surface area contributed by atoms with Crippen molar-refractivity contribution in [3.05, 3.63) is 59.9 Å². The highest BCUT2D eigenvalue weighted by molar-refractivity contribution is 5.93. The number of aromatic carboxylic acids is 1. The van der Waals surface area contributed by atoms with Crippen LogP contribution in [0.5, 0.6) is 0 Å². The zero-order chi connectivity index (χ0) is 14.8. The number of fused-ring (bicyclic) bond motifs is 1. The summed E-state index contributed by atoms with van der Waals surface area (Å²) in [5, 5.41) is 13.2. The lowest BCUT2D eigenvalue weighted by Gasteiger charge is -2.10. The van der Waals surface area contributed by atoms with E-state index >= 15 is 0 Å². The lowest BCUT2D eigenvalue weighted by atomic mass is 10.1. The number of hydrogen-bond donors (Lipinski definition) is 2. The Hall–Kier alpha value is -2.95. The molecule has 104 valence electrons. The number of nitrogens with zero attached hydrogens (tertiary/aromatic N) is 2. The maximum Gasteiger partial charge on any atom is 0.335 e. The Morgan fingerprint density at radius 2 is 2.05 bits per heavy atom. The molecule has 0 saturated heterocycles. The minimum atomic E-state index is -0.969. The molecule has 0 aliphatic rings. The van der Waals surface area contributed by atoms with Crippen LogP contribution in [0.25, 0.3) is 10.9 Å². The molecule has 0 saturated carbocycles. The molecule has 0 aliphatic heterocycles. The van der Waals surface area contributed by atoms with Crippen molar-refractivity contribution in [1.29, 1.82) is 0 Å². The number of aryl methyl sites for hydroxylation is 1. The summed E-state index contributed by atoms with van der Waals surface area (Å²) in [6.45, 7) is 1.77. The normalized spacial score (nSPS) is 10.5. The molecule has 2 aromatic heterocycles. The van der Waals surface area contributed by atoms with Gasteiger partial charge in [0.25, 0.3) is 0 Å². The summed E-state index contributed by atoms with van der Waals surface area (Å²) < 4.78 is 0. The summed E-state index contributed by atoms with van der Waals surface area (Å²) in [5.41, 5.74) is 2.57. The standard InChI is InChI=1S/C16H13N3O2/c1-10-8-11(16(20)21)9-15(18-10)19-14-6-2-5-13-12(14)4-3-7-17-13/h2-9H,1H3,(H,18,19)(H,20,21). The highest BCUT2D eigenvalue weighted by Gasteiger charge is 2.08. The molecule has 0 unspecified atom stereocenters. The number of rotatable bonds is 3. The van der Waals surface area contributed by atoms with Crippen molar-refractivity contribution >= 4 is 28.4 Å². The van der Waals surface area contributed by atoms with E-state index in [1.807, 2.05) is 30.3 Å². The van der Waals surface area contributed by atoms with Crippen LogP contribution >= 0.6 is 0 Å². The average Bonchev–Trinajstić information content (AvgIpc) is 2.47. The Morgan fingerprint density at radius 3 is 2.86 bits per heavy atom. The summed E-state index contributed by atoms with van der Waals surface area (Å²) in [7, 11) is 0. The smallest absolute Gasteiger partial charge is 0.335 e. The van der Waals surface area contributed by atoms with Crippen LogP contribution in [-0.2, 0) is 0 Å². The van der Waals surface area contributed by atoms with Gasteiger partial charge in [0.2, 0.25) is 0 Å². The molecular weight excluding hydrogens is 266 g/mol. The highest BCUT2D eigenvalue weighted by Crippen LogP contribution is 2.24. The van der Waals surface area contributed by atoms with E-state index in [9.17, 15) is 4.79 Å². The average molecular weight is 279 g/mol. The van der Waals surface area contributed by atoms with Gasteiger partial charge in [0.15, 0.2) is 0 Å². The number of aromatic nitrogens is 2. The van der Waals surface area contributed by atoms with Crippen LogP contribution in [0.1, 0.15) is 16.1 Å². The summed E-state index contributed by atoms with van der Waals surface area (Å²) in [6.07, 6.45) is 1.74. The predicted octanol–water partition coefficient (Wildman–Crippen LogP) is 3.38. The first-order valence-corrected chi connectivity index (χ1v) is 6.46. The van der Waals surface area contributed by atoms with Crippen LogP contribution in [0, 0.1) is 6.92 Å². The zero-order valence-corrected chi connectivity index (χ0v) is 11.4. The van der Waals surface area contributed by atoms with E-state index in [-0.39, 0.29) is 5.56 Å². The van der Waals surface area contributed by atoms with Crippen LogP contribution in [0.4, 0.5) is 11.5 Å². The molecular formula is C16H13N3O2. The van der Waals surface area contributed by atoms with Crippen molar-refractivity contribution in [2.24, 2.45) is 0 Å². The van der Waals surface area contributed by atoms with E-state index in [1.54, 1.807) is 13.1 Å². The number of hydrogen-bond acceptors (Lipinski definition) is 4. The quantitative estimate of drug-likeness (QED) is 0.768. The maximum absolute atomic E-state index is 11.1. The second kappa shape index (κ2) is 5.20. The molecule has 0 amide bonds. The van der Waals surface area contributed by atoms with E-state index in [0.717, 1.165) is 16.6 Å². The van der Waals surface area contributed by atoms with Gasteiger partial charge in [-0.1, -0.05) is 6.07 Å². The predicted molar refractivity (Wildman–Crippen MR) is 81.0 cm³/mol. The molecule has 5 heteroatoms. The number of carboxylic acid groups (broad SMARTS) is 1. The van der Waals surface area contributed by atoms with Crippen molar-refractivity contribution in [2.45, 2.75) is 6.92 Å². The number of carbonyl (C=O) groups is 1. The Kier molecular flexibility index (Phi) is 3.23. The van der Waals surface area contributed by atoms with Crippen LogP contribution in [0.3, 0.4) is 0 Å². The minimum absolute atomic E-state index is 0.211. The van der Waals surface area contributed by atoms with Gasteiger partial charge in [-0.05, 0) is 43.3 Å². The minimum Gasteiger partial charge on any atom is -0.478 e. The number of pyridine rings is 2. The van der Waals surface area contributed by atoms with Gasteiger partial charge >= 0.3 is 5.97 Å². The molecule has 0 bridgehead atoms. The Labute approximate surface area is 121 Å². The molecule has 2 N–H and O–H groups in total. The molecule has 0 atom stereocenters.